The molecule has 0 bridgehead atoms. The van der Waals surface area contributed by atoms with Crippen molar-refractivity contribution in [2.45, 2.75) is 62.7 Å². The number of hydrogen-bond acceptors (Lipinski definition) is 5. The lowest BCUT2D eigenvalue weighted by atomic mass is 9.76. The van der Waals surface area contributed by atoms with Crippen LogP contribution < -0.4 is 10.0 Å². The number of nitrogens with one attached hydrogen (secondary N) is 2. The van der Waals surface area contributed by atoms with Gasteiger partial charge in [-0.05, 0) is 66.8 Å². The molecule has 1 heterocycles. The SMILES string of the molecule is CC(NC(=O)[C@@H]1c2ccccc2C(=O)N([C@H]2CCCC[C@@H]2NS(C)(=O)=O)[C@H]1c1ccc(Cl)cc1Cl)c1ccc(C#N)cc1. The van der Waals surface area contributed by atoms with E-state index in [1.165, 1.54) is 0 Å². The van der Waals surface area contributed by atoms with E-state index in [4.69, 9.17) is 23.2 Å². The summed E-state index contributed by atoms with van der Waals surface area (Å²) in [5.74, 6) is -1.47. The molecule has 8 nitrogen and oxygen atoms in total. The molecule has 224 valence electrons. The molecule has 2 amide bonds. The first-order chi connectivity index (χ1) is 20.5. The molecule has 43 heavy (non-hydrogen) atoms. The molecule has 2 aliphatic rings. The van der Waals surface area contributed by atoms with Crippen molar-refractivity contribution in [3.8, 4) is 6.07 Å². The van der Waals surface area contributed by atoms with Crippen LogP contribution in [0.25, 0.3) is 0 Å². The van der Waals surface area contributed by atoms with Crippen molar-refractivity contribution >= 4 is 45.0 Å². The molecule has 1 saturated carbocycles. The topological polar surface area (TPSA) is 119 Å². The fraction of sp³-hybridized carbons (Fsp3) is 0.344. The van der Waals surface area contributed by atoms with Crippen LogP contribution in [0.1, 0.15) is 83.2 Å². The molecule has 3 aromatic rings. The first-order valence-corrected chi connectivity index (χ1v) is 16.8. The molecule has 2 N–H and O–H groups in total. The number of carbonyl (C=O) groups excluding carboxylic acids is 2. The number of amides is 2. The summed E-state index contributed by atoms with van der Waals surface area (Å²) in [7, 11) is -3.58. The largest absolute Gasteiger partial charge is 0.349 e. The third-order valence-electron chi connectivity index (χ3n) is 8.29. The summed E-state index contributed by atoms with van der Waals surface area (Å²) < 4.78 is 27.5. The van der Waals surface area contributed by atoms with E-state index in [0.717, 1.165) is 24.7 Å². The van der Waals surface area contributed by atoms with E-state index >= 15 is 0 Å². The van der Waals surface area contributed by atoms with Gasteiger partial charge in [0.15, 0.2) is 0 Å². The number of halogens is 2. The van der Waals surface area contributed by atoms with Crippen molar-refractivity contribution in [1.82, 2.24) is 14.9 Å². The summed E-state index contributed by atoms with van der Waals surface area (Å²) in [5.41, 5.74) is 2.82. The molecule has 0 saturated heterocycles. The second-order valence-electron chi connectivity index (χ2n) is 11.2. The van der Waals surface area contributed by atoms with Gasteiger partial charge in [-0.15, -0.1) is 0 Å². The number of carbonyl (C=O) groups is 2. The van der Waals surface area contributed by atoms with Gasteiger partial charge in [-0.3, -0.25) is 9.59 Å². The van der Waals surface area contributed by atoms with Crippen molar-refractivity contribution in [2.75, 3.05) is 6.26 Å². The fourth-order valence-corrected chi connectivity index (χ4v) is 7.71. The quantitative estimate of drug-likeness (QED) is 0.335. The predicted octanol–water partition coefficient (Wildman–Crippen LogP) is 5.88. The van der Waals surface area contributed by atoms with Crippen LogP contribution in [0.5, 0.6) is 0 Å². The van der Waals surface area contributed by atoms with E-state index in [1.54, 1.807) is 71.6 Å². The smallest absolute Gasteiger partial charge is 0.255 e. The van der Waals surface area contributed by atoms with Gasteiger partial charge in [0.05, 0.1) is 35.9 Å². The maximum absolute atomic E-state index is 14.4. The molecule has 5 atom stereocenters. The lowest BCUT2D eigenvalue weighted by Gasteiger charge is -2.49. The van der Waals surface area contributed by atoms with E-state index < -0.39 is 40.1 Å². The highest BCUT2D eigenvalue weighted by Crippen LogP contribution is 2.48. The molecule has 11 heteroatoms. The zero-order valence-corrected chi connectivity index (χ0v) is 26.1. The standard InChI is InChI=1S/C32H32Cl2N4O4S/c1-19(21-13-11-20(18-35)12-14-21)36-31(39)29-23-7-3-4-8-24(23)32(40)38(30(29)25-16-15-22(33)17-26(25)34)28-10-6-5-9-27(28)37-43(2,41)42/h3-4,7-8,11-17,19,27-30,37H,5-6,9-10H2,1-2H3,(H,36,39)/t19?,27-,28-,29+,30-/m0/s1. The number of hydrogen-bond donors (Lipinski definition) is 2. The van der Waals surface area contributed by atoms with E-state index in [1.807, 2.05) is 6.92 Å². The minimum absolute atomic E-state index is 0.289. The van der Waals surface area contributed by atoms with E-state index in [2.05, 4.69) is 16.1 Å². The van der Waals surface area contributed by atoms with Crippen LogP contribution in [0.4, 0.5) is 0 Å². The van der Waals surface area contributed by atoms with Gasteiger partial charge in [0, 0.05) is 27.7 Å². The lowest BCUT2D eigenvalue weighted by molar-refractivity contribution is -0.125. The average Bonchev–Trinajstić information content (AvgIpc) is 2.97. The maximum atomic E-state index is 14.4. The Morgan fingerprint density at radius 1 is 1.02 bits per heavy atom. The third-order valence-corrected chi connectivity index (χ3v) is 9.58. The van der Waals surface area contributed by atoms with Crippen LogP contribution in [0.2, 0.25) is 10.0 Å². The van der Waals surface area contributed by atoms with Crippen LogP contribution in [-0.4, -0.2) is 43.5 Å². The van der Waals surface area contributed by atoms with Crippen LogP contribution in [0.3, 0.4) is 0 Å². The Labute approximate surface area is 262 Å². The van der Waals surface area contributed by atoms with Crippen molar-refractivity contribution < 1.29 is 18.0 Å². The van der Waals surface area contributed by atoms with Crippen LogP contribution in [-0.2, 0) is 14.8 Å². The highest BCUT2D eigenvalue weighted by Gasteiger charge is 2.49. The number of fused-ring (bicyclic) bond motifs is 1. The Bertz CT molecular complexity index is 1690. The maximum Gasteiger partial charge on any atom is 0.255 e. The zero-order chi connectivity index (χ0) is 30.9. The summed E-state index contributed by atoms with van der Waals surface area (Å²) >= 11 is 13.1. The van der Waals surface area contributed by atoms with Gasteiger partial charge in [0.25, 0.3) is 5.91 Å². The molecule has 1 aliphatic heterocycles. The summed E-state index contributed by atoms with van der Waals surface area (Å²) in [6.07, 6.45) is 3.82. The minimum atomic E-state index is -3.58. The Morgan fingerprint density at radius 2 is 1.72 bits per heavy atom. The number of nitriles is 1. The Balaban J connectivity index is 1.64. The normalized spacial score (nSPS) is 22.8. The monoisotopic (exact) mass is 638 g/mol. The van der Waals surface area contributed by atoms with Gasteiger partial charge in [-0.2, -0.15) is 5.26 Å². The van der Waals surface area contributed by atoms with Crippen LogP contribution >= 0.6 is 23.2 Å². The van der Waals surface area contributed by atoms with Crippen LogP contribution in [0.15, 0.2) is 66.7 Å². The Hall–Kier alpha value is -3.42. The van der Waals surface area contributed by atoms with Crippen LogP contribution in [0, 0.1) is 11.3 Å². The Morgan fingerprint density at radius 3 is 2.40 bits per heavy atom. The van der Waals surface area contributed by atoms with E-state index in [9.17, 15) is 23.3 Å². The number of rotatable bonds is 7. The second kappa shape index (κ2) is 12.7. The van der Waals surface area contributed by atoms with Crippen molar-refractivity contribution in [3.05, 3.63) is 105 Å². The highest BCUT2D eigenvalue weighted by molar-refractivity contribution is 7.88. The van der Waals surface area contributed by atoms with Crippen molar-refractivity contribution in [2.24, 2.45) is 0 Å². The second-order valence-corrected chi connectivity index (χ2v) is 13.8. The van der Waals surface area contributed by atoms with Gasteiger partial charge in [-0.25, -0.2) is 13.1 Å². The summed E-state index contributed by atoms with van der Waals surface area (Å²) in [5, 5.41) is 13.0. The molecule has 5 rings (SSSR count). The van der Waals surface area contributed by atoms with E-state index in [-0.39, 0.29) is 11.8 Å². The van der Waals surface area contributed by atoms with Crippen molar-refractivity contribution in [3.63, 3.8) is 0 Å². The molecule has 3 aromatic carbocycles. The Kier molecular flexibility index (Phi) is 9.14. The van der Waals surface area contributed by atoms with Gasteiger partial charge in [-0.1, -0.05) is 72.4 Å². The minimum Gasteiger partial charge on any atom is -0.349 e. The zero-order valence-electron chi connectivity index (χ0n) is 23.8. The fourth-order valence-electron chi connectivity index (χ4n) is 6.36. The summed E-state index contributed by atoms with van der Waals surface area (Å²) in [6, 6.07) is 18.8. The first-order valence-electron chi connectivity index (χ1n) is 14.1. The number of sulfonamides is 1. The predicted molar refractivity (Wildman–Crippen MR) is 166 cm³/mol. The summed E-state index contributed by atoms with van der Waals surface area (Å²) in [4.78, 5) is 30.5. The molecule has 0 spiro atoms. The summed E-state index contributed by atoms with van der Waals surface area (Å²) in [6.45, 7) is 1.86. The molecule has 1 fully saturated rings. The lowest BCUT2D eigenvalue weighted by Crippen LogP contribution is -2.59. The molecule has 0 radical (unpaired) electrons. The first kappa shape index (κ1) is 31.0. The molecular formula is C32H32Cl2N4O4S. The number of nitrogens with zero attached hydrogens (tertiary/aromatic N) is 2. The third kappa shape index (κ3) is 6.58. The van der Waals surface area contributed by atoms with Gasteiger partial charge >= 0.3 is 0 Å². The van der Waals surface area contributed by atoms with Gasteiger partial charge < -0.3 is 10.2 Å². The van der Waals surface area contributed by atoms with Gasteiger partial charge in [0.1, 0.15) is 0 Å². The number of benzene rings is 3. The molecular weight excluding hydrogens is 607 g/mol. The molecule has 1 aliphatic carbocycles. The van der Waals surface area contributed by atoms with E-state index in [0.29, 0.717) is 45.1 Å². The average molecular weight is 640 g/mol. The molecule has 0 aromatic heterocycles. The van der Waals surface area contributed by atoms with Crippen molar-refractivity contribution in [1.29, 1.82) is 5.26 Å². The molecule has 1 unspecified atom stereocenters. The van der Waals surface area contributed by atoms with Gasteiger partial charge in [0.2, 0.25) is 15.9 Å². The highest BCUT2D eigenvalue weighted by atomic mass is 35.5.